The normalized spacial score (nSPS) is 15.3. The summed E-state index contributed by atoms with van der Waals surface area (Å²) in [7, 11) is 7.41. The predicted octanol–water partition coefficient (Wildman–Crippen LogP) is 4.92. The first kappa shape index (κ1) is 30.1. The van der Waals surface area contributed by atoms with Crippen LogP contribution in [-0.4, -0.2) is 50.5 Å². The molecule has 210 valence electrons. The summed E-state index contributed by atoms with van der Waals surface area (Å²) in [5.74, 6) is 1.63. The maximum Gasteiger partial charge on any atom is 0.168 e. The third-order valence-corrected chi connectivity index (χ3v) is 9.30. The Kier molecular flexibility index (Phi) is 10.2. The van der Waals surface area contributed by atoms with E-state index in [4.69, 9.17) is 0 Å². The first-order chi connectivity index (χ1) is 18.5. The second kappa shape index (κ2) is 13.2. The van der Waals surface area contributed by atoms with Crippen molar-refractivity contribution >= 4 is 60.7 Å². The van der Waals surface area contributed by atoms with E-state index in [1.54, 1.807) is 25.8 Å². The number of carbonyl (C=O) groups excluding carboxylic acids is 1. The Morgan fingerprint density at radius 3 is 1.85 bits per heavy atom. The summed E-state index contributed by atoms with van der Waals surface area (Å²) >= 11 is 8.87. The molecule has 0 bridgehead atoms. The van der Waals surface area contributed by atoms with Crippen molar-refractivity contribution < 1.29 is 9.90 Å². The minimum atomic E-state index is -0.700. The summed E-state index contributed by atoms with van der Waals surface area (Å²) in [4.78, 5) is 10.5. The van der Waals surface area contributed by atoms with Gasteiger partial charge in [-0.15, -0.1) is 0 Å². The van der Waals surface area contributed by atoms with Crippen LogP contribution < -0.4 is 0 Å². The third kappa shape index (κ3) is 8.57. The van der Waals surface area contributed by atoms with Crippen LogP contribution in [-0.2, 0) is 41.0 Å². The molecule has 2 aliphatic rings. The van der Waals surface area contributed by atoms with Crippen LogP contribution in [0.4, 0.5) is 0 Å². The SMILES string of the molecule is Cn1cc(C(O)c2cc(CC3CC3)nn2C)c(Br)n1.Cn1cc(I)c(Br)n1.Cn1nc(CC2CC2)cc1C=O. The van der Waals surface area contributed by atoms with Crippen LogP contribution in [0.1, 0.15) is 64.9 Å². The Hall–Kier alpha value is -1.84. The molecule has 0 saturated heterocycles. The highest BCUT2D eigenvalue weighted by atomic mass is 127. The van der Waals surface area contributed by atoms with E-state index in [1.807, 2.05) is 45.7 Å². The topological polar surface area (TPSA) is 109 Å². The van der Waals surface area contributed by atoms with Gasteiger partial charge in [-0.25, -0.2) is 0 Å². The molecule has 39 heavy (non-hydrogen) atoms. The van der Waals surface area contributed by atoms with Gasteiger partial charge in [0.1, 0.15) is 21.0 Å². The Morgan fingerprint density at radius 1 is 0.897 bits per heavy atom. The average Bonchev–Trinajstić information content (AvgIpc) is 3.74. The summed E-state index contributed by atoms with van der Waals surface area (Å²) in [5.41, 5.74) is 4.37. The lowest BCUT2D eigenvalue weighted by Crippen LogP contribution is -2.06. The quantitative estimate of drug-likeness (QED) is 0.211. The van der Waals surface area contributed by atoms with E-state index in [-0.39, 0.29) is 0 Å². The van der Waals surface area contributed by atoms with Gasteiger partial charge in [0.05, 0.1) is 20.7 Å². The number of nitrogens with zero attached hydrogens (tertiary/aromatic N) is 8. The van der Waals surface area contributed by atoms with Gasteiger partial charge < -0.3 is 5.11 Å². The number of aryl methyl sites for hydroxylation is 4. The van der Waals surface area contributed by atoms with Crippen LogP contribution in [0.2, 0.25) is 0 Å². The van der Waals surface area contributed by atoms with Crippen LogP contribution in [0.3, 0.4) is 0 Å². The lowest BCUT2D eigenvalue weighted by molar-refractivity contribution is 0.111. The van der Waals surface area contributed by atoms with Crippen molar-refractivity contribution in [2.24, 2.45) is 40.0 Å². The van der Waals surface area contributed by atoms with Gasteiger partial charge in [-0.2, -0.15) is 20.4 Å². The molecule has 0 aromatic carbocycles. The molecule has 0 radical (unpaired) electrons. The summed E-state index contributed by atoms with van der Waals surface area (Å²) in [6.07, 6.45) is 11.3. The van der Waals surface area contributed by atoms with Gasteiger partial charge in [0.15, 0.2) is 6.29 Å². The van der Waals surface area contributed by atoms with E-state index in [2.05, 4.69) is 74.8 Å². The Morgan fingerprint density at radius 2 is 1.44 bits per heavy atom. The van der Waals surface area contributed by atoms with Gasteiger partial charge in [-0.3, -0.25) is 23.5 Å². The highest BCUT2D eigenvalue weighted by molar-refractivity contribution is 14.1. The molecule has 0 amide bonds. The molecular formula is C26H33Br2IN8O2. The van der Waals surface area contributed by atoms with Crippen LogP contribution in [0.15, 0.2) is 33.7 Å². The van der Waals surface area contributed by atoms with Gasteiger partial charge in [0.2, 0.25) is 0 Å². The Labute approximate surface area is 258 Å². The molecule has 4 aromatic heterocycles. The zero-order valence-corrected chi connectivity index (χ0v) is 27.8. The summed E-state index contributed by atoms with van der Waals surface area (Å²) in [6, 6.07) is 3.88. The molecule has 10 nitrogen and oxygen atoms in total. The van der Waals surface area contributed by atoms with Gasteiger partial charge in [0, 0.05) is 46.1 Å². The van der Waals surface area contributed by atoms with E-state index < -0.39 is 6.10 Å². The minimum absolute atomic E-state index is 0.672. The molecule has 2 saturated carbocycles. The first-order valence-electron chi connectivity index (χ1n) is 12.8. The third-order valence-electron chi connectivity index (χ3n) is 6.57. The van der Waals surface area contributed by atoms with Gasteiger partial charge in [-0.05, 0) is 117 Å². The molecule has 1 unspecified atom stereocenters. The van der Waals surface area contributed by atoms with E-state index in [0.29, 0.717) is 10.3 Å². The Bertz CT molecular complexity index is 1400. The molecule has 0 aliphatic heterocycles. The number of aliphatic hydroxyl groups is 1. The molecule has 4 heterocycles. The maximum atomic E-state index is 10.5. The largest absolute Gasteiger partial charge is 0.382 e. The number of aldehydes is 1. The second-order valence-electron chi connectivity index (χ2n) is 10.2. The van der Waals surface area contributed by atoms with Crippen molar-refractivity contribution in [2.75, 3.05) is 0 Å². The van der Waals surface area contributed by atoms with Gasteiger partial charge in [0.25, 0.3) is 0 Å². The zero-order valence-electron chi connectivity index (χ0n) is 22.4. The smallest absolute Gasteiger partial charge is 0.168 e. The predicted molar refractivity (Wildman–Crippen MR) is 163 cm³/mol. The van der Waals surface area contributed by atoms with Crippen molar-refractivity contribution in [3.05, 3.63) is 65.6 Å². The van der Waals surface area contributed by atoms with Crippen LogP contribution >= 0.6 is 54.5 Å². The fraction of sp³-hybridized carbons (Fsp3) is 0.500. The second-order valence-corrected chi connectivity index (χ2v) is 12.8. The molecule has 2 fully saturated rings. The summed E-state index contributed by atoms with van der Waals surface area (Å²) in [5, 5.41) is 27.5. The monoisotopic (exact) mass is 774 g/mol. The summed E-state index contributed by atoms with van der Waals surface area (Å²) in [6.45, 7) is 0. The lowest BCUT2D eigenvalue weighted by atomic mass is 10.1. The van der Waals surface area contributed by atoms with E-state index in [9.17, 15) is 9.90 Å². The zero-order chi connectivity index (χ0) is 28.3. The van der Waals surface area contributed by atoms with Crippen molar-refractivity contribution in [2.45, 2.75) is 44.6 Å². The number of carbonyl (C=O) groups is 1. The minimum Gasteiger partial charge on any atom is -0.382 e. The molecule has 13 heteroatoms. The van der Waals surface area contributed by atoms with E-state index in [1.165, 1.54) is 25.7 Å². The number of halogens is 3. The van der Waals surface area contributed by atoms with Crippen LogP contribution in [0.5, 0.6) is 0 Å². The number of hydrogen-bond donors (Lipinski definition) is 1. The van der Waals surface area contributed by atoms with Crippen LogP contribution in [0, 0.1) is 15.4 Å². The van der Waals surface area contributed by atoms with E-state index >= 15 is 0 Å². The fourth-order valence-corrected chi connectivity index (χ4v) is 5.58. The average molecular weight is 776 g/mol. The fourth-order valence-electron chi connectivity index (χ4n) is 4.14. The number of rotatable bonds is 7. The van der Waals surface area contributed by atoms with E-state index in [0.717, 1.165) is 61.8 Å². The number of hydrogen-bond acceptors (Lipinski definition) is 6. The first-order valence-corrected chi connectivity index (χ1v) is 15.4. The Balaban J connectivity index is 0.000000150. The maximum absolute atomic E-state index is 10.5. The van der Waals surface area contributed by atoms with Crippen LogP contribution in [0.25, 0.3) is 0 Å². The highest BCUT2D eigenvalue weighted by Crippen LogP contribution is 2.34. The molecule has 6 rings (SSSR count). The standard InChI is InChI=1S/C13H17BrN4O.C9H12N2O.C4H4BrIN2/c1-17-7-10(13(14)16-17)12(19)11-6-9(15-18(11)2)5-8-3-4-8;1-11-9(6-12)5-8(10-11)4-7-2-3-7;1-8-2-3(6)4(5)7-8/h6-8,12,19H,3-5H2,1-2H3;5-7H,2-4H2,1H3;2H,1H3. The van der Waals surface area contributed by atoms with Gasteiger partial charge in [-0.1, -0.05) is 0 Å². The van der Waals surface area contributed by atoms with Gasteiger partial charge >= 0.3 is 0 Å². The van der Waals surface area contributed by atoms with Crippen molar-refractivity contribution in [3.63, 3.8) is 0 Å². The molecule has 4 aromatic rings. The lowest BCUT2D eigenvalue weighted by Gasteiger charge is -2.08. The number of aromatic nitrogens is 8. The van der Waals surface area contributed by atoms with Crippen molar-refractivity contribution in [1.82, 2.24) is 39.1 Å². The molecule has 1 atom stereocenters. The van der Waals surface area contributed by atoms with Crippen molar-refractivity contribution in [3.8, 4) is 0 Å². The molecule has 2 aliphatic carbocycles. The van der Waals surface area contributed by atoms with Crippen molar-refractivity contribution in [1.29, 1.82) is 0 Å². The highest BCUT2D eigenvalue weighted by Gasteiger charge is 2.26. The summed E-state index contributed by atoms with van der Waals surface area (Å²) < 4.78 is 9.60. The molecule has 0 spiro atoms. The molecular weight excluding hydrogens is 743 g/mol. The molecule has 1 N–H and O–H groups in total. The number of aliphatic hydroxyl groups excluding tert-OH is 1.